The number of benzene rings is 1. The molecule has 3 nitrogen and oxygen atoms in total. The van der Waals surface area contributed by atoms with Gasteiger partial charge in [-0.2, -0.15) is 0 Å². The number of ketones is 1. The van der Waals surface area contributed by atoms with Gasteiger partial charge in [-0.15, -0.1) is 0 Å². The highest BCUT2D eigenvalue weighted by atomic mass is 35.5. The monoisotopic (exact) mass is 239 g/mol. The van der Waals surface area contributed by atoms with Crippen LogP contribution in [0.5, 0.6) is 5.75 Å². The number of hydrogen-bond acceptors (Lipinski definition) is 3. The number of methoxy groups -OCH3 is 1. The van der Waals surface area contributed by atoms with Gasteiger partial charge in [-0.25, -0.2) is 0 Å². The third-order valence-corrected chi connectivity index (χ3v) is 3.08. The van der Waals surface area contributed by atoms with E-state index >= 15 is 0 Å². The highest BCUT2D eigenvalue weighted by Gasteiger charge is 2.28. The van der Waals surface area contributed by atoms with Gasteiger partial charge in [0.15, 0.2) is 5.78 Å². The number of carbonyl (C=O) groups excluding carboxylic acids is 1. The van der Waals surface area contributed by atoms with Crippen molar-refractivity contribution in [2.45, 2.75) is 6.92 Å². The lowest BCUT2D eigenvalue weighted by atomic mass is 9.91. The van der Waals surface area contributed by atoms with Gasteiger partial charge in [-0.1, -0.05) is 11.6 Å². The molecule has 0 unspecified atom stereocenters. The largest absolute Gasteiger partial charge is 0.496 e. The first kappa shape index (κ1) is 11.4. The summed E-state index contributed by atoms with van der Waals surface area (Å²) in [7, 11) is 1.58. The molecule has 1 heterocycles. The summed E-state index contributed by atoms with van der Waals surface area (Å²) in [5, 5.41) is 3.66. The van der Waals surface area contributed by atoms with E-state index in [1.54, 1.807) is 19.2 Å². The summed E-state index contributed by atoms with van der Waals surface area (Å²) in [6.07, 6.45) is 0. The van der Waals surface area contributed by atoms with Gasteiger partial charge in [-0.3, -0.25) is 4.79 Å². The van der Waals surface area contributed by atoms with E-state index in [2.05, 4.69) is 5.32 Å². The number of hydrogen-bond donors (Lipinski definition) is 1. The number of Topliss-reactive ketones (excluding diaryl/α,β-unsaturated/α-hetero) is 1. The van der Waals surface area contributed by atoms with Gasteiger partial charge in [0.05, 0.1) is 12.7 Å². The molecule has 1 aliphatic rings. The second-order valence-electron chi connectivity index (χ2n) is 4.02. The van der Waals surface area contributed by atoms with Gasteiger partial charge in [-0.05, 0) is 24.6 Å². The molecule has 0 spiro atoms. The fraction of sp³-hybridized carbons (Fsp3) is 0.417. The zero-order valence-electron chi connectivity index (χ0n) is 9.34. The predicted molar refractivity (Wildman–Crippen MR) is 63.4 cm³/mol. The summed E-state index contributed by atoms with van der Waals surface area (Å²) < 4.78 is 5.27. The molecule has 16 heavy (non-hydrogen) atoms. The van der Waals surface area contributed by atoms with Crippen molar-refractivity contribution in [1.82, 2.24) is 5.32 Å². The summed E-state index contributed by atoms with van der Waals surface area (Å²) in [5.41, 5.74) is 1.49. The van der Waals surface area contributed by atoms with Gasteiger partial charge in [0.2, 0.25) is 0 Å². The molecule has 1 saturated heterocycles. The van der Waals surface area contributed by atoms with Crippen molar-refractivity contribution in [3.8, 4) is 5.75 Å². The Balaban J connectivity index is 2.41. The van der Waals surface area contributed by atoms with Crippen LogP contribution in [-0.2, 0) is 0 Å². The minimum absolute atomic E-state index is 0.0618. The fourth-order valence-corrected chi connectivity index (χ4v) is 2.15. The van der Waals surface area contributed by atoms with Gasteiger partial charge >= 0.3 is 0 Å². The molecule has 2 rings (SSSR count). The Morgan fingerprint density at radius 2 is 2.19 bits per heavy atom. The predicted octanol–water partition coefficient (Wildman–Crippen LogP) is 2.06. The maximum absolute atomic E-state index is 12.1. The maximum Gasteiger partial charge on any atom is 0.172 e. The van der Waals surface area contributed by atoms with E-state index in [0.29, 0.717) is 16.3 Å². The molecule has 1 aliphatic heterocycles. The normalized spacial score (nSPS) is 15.7. The highest BCUT2D eigenvalue weighted by Crippen LogP contribution is 2.30. The molecule has 0 amide bonds. The zero-order valence-corrected chi connectivity index (χ0v) is 10.1. The van der Waals surface area contributed by atoms with Crippen molar-refractivity contribution in [2.75, 3.05) is 20.2 Å². The quantitative estimate of drug-likeness (QED) is 0.821. The van der Waals surface area contributed by atoms with Gasteiger partial charge in [0, 0.05) is 24.0 Å². The SMILES string of the molecule is COc1c(C)cc(Cl)cc1C(=O)C1CNC1. The Bertz CT molecular complexity index is 427. The first-order chi connectivity index (χ1) is 7.63. The molecule has 0 radical (unpaired) electrons. The standard InChI is InChI=1S/C12H14ClNO2/c1-7-3-9(13)4-10(12(7)16-2)11(15)8-5-14-6-8/h3-4,8,14H,5-6H2,1-2H3. The maximum atomic E-state index is 12.1. The molecule has 1 aromatic rings. The van der Waals surface area contributed by atoms with Crippen LogP contribution in [0, 0.1) is 12.8 Å². The van der Waals surface area contributed by atoms with E-state index < -0.39 is 0 Å². The minimum Gasteiger partial charge on any atom is -0.496 e. The Morgan fingerprint density at radius 3 is 2.69 bits per heavy atom. The van der Waals surface area contributed by atoms with Crippen molar-refractivity contribution in [3.63, 3.8) is 0 Å². The Labute approximate surface area is 99.7 Å². The molecule has 86 valence electrons. The van der Waals surface area contributed by atoms with Crippen LogP contribution < -0.4 is 10.1 Å². The number of ether oxygens (including phenoxy) is 1. The van der Waals surface area contributed by atoms with Crippen LogP contribution in [0.1, 0.15) is 15.9 Å². The molecule has 1 aromatic carbocycles. The summed E-state index contributed by atoms with van der Waals surface area (Å²) >= 11 is 5.97. The van der Waals surface area contributed by atoms with Crippen LogP contribution in [0.4, 0.5) is 0 Å². The second kappa shape index (κ2) is 4.44. The smallest absolute Gasteiger partial charge is 0.172 e. The van der Waals surface area contributed by atoms with Gasteiger partial charge < -0.3 is 10.1 Å². The van der Waals surface area contributed by atoms with Crippen molar-refractivity contribution in [2.24, 2.45) is 5.92 Å². The lowest BCUT2D eigenvalue weighted by molar-refractivity contribution is 0.0875. The zero-order chi connectivity index (χ0) is 11.7. The van der Waals surface area contributed by atoms with E-state index in [9.17, 15) is 4.79 Å². The number of aryl methyl sites for hydroxylation is 1. The number of rotatable bonds is 3. The molecular formula is C12H14ClNO2. The molecule has 1 fully saturated rings. The molecule has 4 heteroatoms. The highest BCUT2D eigenvalue weighted by molar-refractivity contribution is 6.31. The van der Waals surface area contributed by atoms with E-state index in [0.717, 1.165) is 18.7 Å². The number of halogens is 1. The summed E-state index contributed by atoms with van der Waals surface area (Å²) in [5.74, 6) is 0.814. The Morgan fingerprint density at radius 1 is 1.50 bits per heavy atom. The lowest BCUT2D eigenvalue weighted by Crippen LogP contribution is -2.46. The van der Waals surface area contributed by atoms with Crippen LogP contribution >= 0.6 is 11.6 Å². The van der Waals surface area contributed by atoms with Crippen LogP contribution in [0.25, 0.3) is 0 Å². The van der Waals surface area contributed by atoms with E-state index in [4.69, 9.17) is 16.3 Å². The molecule has 0 aromatic heterocycles. The van der Waals surface area contributed by atoms with Crippen LogP contribution in [-0.4, -0.2) is 26.0 Å². The Hall–Kier alpha value is -1.06. The van der Waals surface area contributed by atoms with Crippen molar-refractivity contribution >= 4 is 17.4 Å². The van der Waals surface area contributed by atoms with Crippen molar-refractivity contribution in [1.29, 1.82) is 0 Å². The summed E-state index contributed by atoms with van der Waals surface area (Å²) in [6.45, 7) is 3.38. The molecule has 0 aliphatic carbocycles. The summed E-state index contributed by atoms with van der Waals surface area (Å²) in [6, 6.07) is 3.49. The van der Waals surface area contributed by atoms with Gasteiger partial charge in [0.1, 0.15) is 5.75 Å². The molecular weight excluding hydrogens is 226 g/mol. The van der Waals surface area contributed by atoms with Crippen LogP contribution in [0.3, 0.4) is 0 Å². The lowest BCUT2D eigenvalue weighted by Gasteiger charge is -2.26. The first-order valence-electron chi connectivity index (χ1n) is 5.22. The second-order valence-corrected chi connectivity index (χ2v) is 4.46. The third-order valence-electron chi connectivity index (χ3n) is 2.86. The number of carbonyl (C=O) groups is 1. The van der Waals surface area contributed by atoms with Crippen LogP contribution in [0.2, 0.25) is 5.02 Å². The van der Waals surface area contributed by atoms with E-state index in [1.165, 1.54) is 0 Å². The molecule has 0 bridgehead atoms. The number of nitrogens with one attached hydrogen (secondary N) is 1. The Kier molecular flexibility index (Phi) is 3.17. The first-order valence-corrected chi connectivity index (χ1v) is 5.60. The molecule has 0 saturated carbocycles. The minimum atomic E-state index is 0.0618. The molecule has 1 N–H and O–H groups in total. The fourth-order valence-electron chi connectivity index (χ4n) is 1.88. The summed E-state index contributed by atoms with van der Waals surface area (Å²) in [4.78, 5) is 12.1. The third kappa shape index (κ3) is 1.93. The van der Waals surface area contributed by atoms with Gasteiger partial charge in [0.25, 0.3) is 0 Å². The van der Waals surface area contributed by atoms with E-state index in [-0.39, 0.29) is 11.7 Å². The molecule has 0 atom stereocenters. The van der Waals surface area contributed by atoms with E-state index in [1.807, 2.05) is 6.92 Å². The average molecular weight is 240 g/mol. The van der Waals surface area contributed by atoms with Crippen molar-refractivity contribution in [3.05, 3.63) is 28.3 Å². The topological polar surface area (TPSA) is 38.3 Å². The van der Waals surface area contributed by atoms with Crippen LogP contribution in [0.15, 0.2) is 12.1 Å². The average Bonchev–Trinajstić information content (AvgIpc) is 2.13. The van der Waals surface area contributed by atoms with Crippen molar-refractivity contribution < 1.29 is 9.53 Å².